The first-order chi connectivity index (χ1) is 31.1. The van der Waals surface area contributed by atoms with Crippen molar-refractivity contribution >= 4 is 16.4 Å². The van der Waals surface area contributed by atoms with Gasteiger partial charge < -0.3 is 34.3 Å². The third-order valence-corrected chi connectivity index (χ3v) is 11.6. The van der Waals surface area contributed by atoms with E-state index in [9.17, 15) is 33.1 Å². The van der Waals surface area contributed by atoms with E-state index in [1.165, 1.54) is 83.5 Å². The van der Waals surface area contributed by atoms with E-state index in [1.807, 2.05) is 0 Å². The van der Waals surface area contributed by atoms with Crippen molar-refractivity contribution in [2.45, 2.75) is 230 Å². The molecule has 1 saturated heterocycles. The molecule has 0 aliphatic carbocycles. The Morgan fingerprint density at radius 2 is 1.08 bits per heavy atom. The molecular weight excluding hydrogens is 837 g/mol. The molecule has 1 rings (SSSR count). The summed E-state index contributed by atoms with van der Waals surface area (Å²) in [7, 11) is -5.07. The summed E-state index contributed by atoms with van der Waals surface area (Å²) in [6.45, 7) is 3.85. The third kappa shape index (κ3) is 35.1. The topological polar surface area (TPSA) is 178 Å². The van der Waals surface area contributed by atoms with Crippen molar-refractivity contribution in [1.29, 1.82) is 0 Å². The summed E-state index contributed by atoms with van der Waals surface area (Å²) in [5, 5.41) is 30.7. The maximum atomic E-state index is 12.9. The van der Waals surface area contributed by atoms with Gasteiger partial charge in [-0.2, -0.15) is 8.42 Å². The number of allylic oxidation sites excluding steroid dienone is 10. The summed E-state index contributed by atoms with van der Waals surface area (Å²) < 4.78 is 59.2. The zero-order valence-electron chi connectivity index (χ0n) is 39.8. The molecule has 64 heavy (non-hydrogen) atoms. The van der Waals surface area contributed by atoms with Crippen LogP contribution in [0.15, 0.2) is 60.8 Å². The highest BCUT2D eigenvalue weighted by Gasteiger charge is 2.48. The first kappa shape index (κ1) is 59.8. The first-order valence-electron chi connectivity index (χ1n) is 25.0. The molecule has 0 aromatic heterocycles. The Bertz CT molecular complexity index is 1350. The number of aliphatic hydroxyl groups is 3. The van der Waals surface area contributed by atoms with Crippen LogP contribution in [0.1, 0.15) is 194 Å². The lowest BCUT2D eigenvalue weighted by Gasteiger charge is -2.41. The van der Waals surface area contributed by atoms with E-state index >= 15 is 0 Å². The number of carbonyl (C=O) groups is 1. The van der Waals surface area contributed by atoms with Gasteiger partial charge in [0.15, 0.2) is 6.29 Å². The second-order valence-electron chi connectivity index (χ2n) is 17.0. The molecule has 1 aliphatic heterocycles. The number of aliphatic hydroxyl groups excluding tert-OH is 3. The van der Waals surface area contributed by atoms with Gasteiger partial charge in [0.05, 0.1) is 19.8 Å². The van der Waals surface area contributed by atoms with E-state index < -0.39 is 59.8 Å². The summed E-state index contributed by atoms with van der Waals surface area (Å²) in [5.74, 6) is -0.409. The van der Waals surface area contributed by atoms with Gasteiger partial charge in [-0.15, -0.1) is 0 Å². The fourth-order valence-corrected chi connectivity index (χ4v) is 7.87. The van der Waals surface area contributed by atoms with Gasteiger partial charge in [0, 0.05) is 13.0 Å². The molecule has 0 saturated carbocycles. The number of rotatable bonds is 43. The lowest BCUT2D eigenvalue weighted by atomic mass is 9.99. The van der Waals surface area contributed by atoms with Gasteiger partial charge in [-0.3, -0.25) is 9.35 Å². The van der Waals surface area contributed by atoms with Crippen LogP contribution in [0.25, 0.3) is 0 Å². The Balaban J connectivity index is 2.39. The molecule has 6 atom stereocenters. The minimum atomic E-state index is -5.07. The average molecular weight is 927 g/mol. The molecule has 12 nitrogen and oxygen atoms in total. The van der Waals surface area contributed by atoms with E-state index in [1.54, 1.807) is 0 Å². The Morgan fingerprint density at radius 1 is 0.609 bits per heavy atom. The van der Waals surface area contributed by atoms with Crippen molar-refractivity contribution in [2.24, 2.45) is 0 Å². The SMILES string of the molecule is CC/C=C\C/C=C\C/C=C\C/C=C\CCCCCCCCCOCC(COC1OC(CO)C(O)C(OS(=O)(=O)O)C1O)OC(=O)CCCCCCCCC/C=C\CCCCCCCC. The molecule has 6 unspecified atom stereocenters. The van der Waals surface area contributed by atoms with Crippen LogP contribution >= 0.6 is 0 Å². The van der Waals surface area contributed by atoms with Crippen LogP contribution < -0.4 is 0 Å². The monoisotopic (exact) mass is 927 g/mol. The molecule has 0 amide bonds. The zero-order valence-corrected chi connectivity index (χ0v) is 40.6. The van der Waals surface area contributed by atoms with Gasteiger partial charge in [-0.25, -0.2) is 4.18 Å². The highest BCUT2D eigenvalue weighted by atomic mass is 32.3. The second-order valence-corrected chi connectivity index (χ2v) is 18.1. The lowest BCUT2D eigenvalue weighted by molar-refractivity contribution is -0.301. The van der Waals surface area contributed by atoms with Crippen LogP contribution in [0.5, 0.6) is 0 Å². The fourth-order valence-electron chi connectivity index (χ4n) is 7.36. The largest absolute Gasteiger partial charge is 0.457 e. The predicted octanol–water partition coefficient (Wildman–Crippen LogP) is 11.3. The third-order valence-electron chi connectivity index (χ3n) is 11.1. The molecule has 0 radical (unpaired) electrons. The van der Waals surface area contributed by atoms with Crippen molar-refractivity contribution in [2.75, 3.05) is 26.4 Å². The molecule has 0 spiro atoms. The summed E-state index contributed by atoms with van der Waals surface area (Å²) in [6, 6.07) is 0. The molecule has 372 valence electrons. The Kier molecular flexibility index (Phi) is 39.4. The molecule has 13 heteroatoms. The Morgan fingerprint density at radius 3 is 1.59 bits per heavy atom. The van der Waals surface area contributed by atoms with Crippen LogP contribution in [0.3, 0.4) is 0 Å². The van der Waals surface area contributed by atoms with Gasteiger partial charge in [0.25, 0.3) is 0 Å². The molecule has 1 heterocycles. The Labute approximate surface area is 388 Å². The first-order valence-corrected chi connectivity index (χ1v) is 26.4. The summed E-state index contributed by atoms with van der Waals surface area (Å²) in [5.41, 5.74) is 0. The van der Waals surface area contributed by atoms with Gasteiger partial charge in [-0.1, -0.05) is 171 Å². The van der Waals surface area contributed by atoms with E-state index in [0.29, 0.717) is 13.0 Å². The molecule has 0 bridgehead atoms. The van der Waals surface area contributed by atoms with Crippen molar-refractivity contribution in [1.82, 2.24) is 0 Å². The van der Waals surface area contributed by atoms with Crippen molar-refractivity contribution in [3.63, 3.8) is 0 Å². The van der Waals surface area contributed by atoms with E-state index in [2.05, 4.69) is 78.8 Å². The van der Waals surface area contributed by atoms with Crippen molar-refractivity contribution in [3.05, 3.63) is 60.8 Å². The molecule has 1 aliphatic rings. The zero-order chi connectivity index (χ0) is 46.8. The highest BCUT2D eigenvalue weighted by Crippen LogP contribution is 2.26. The van der Waals surface area contributed by atoms with E-state index in [0.717, 1.165) is 83.5 Å². The minimum Gasteiger partial charge on any atom is -0.457 e. The van der Waals surface area contributed by atoms with Gasteiger partial charge in [0.1, 0.15) is 30.5 Å². The predicted molar refractivity (Wildman–Crippen MR) is 257 cm³/mol. The lowest BCUT2D eigenvalue weighted by Crippen LogP contribution is -2.60. The summed E-state index contributed by atoms with van der Waals surface area (Å²) in [4.78, 5) is 12.9. The van der Waals surface area contributed by atoms with E-state index in [4.69, 9.17) is 18.9 Å². The maximum absolute atomic E-state index is 12.9. The molecule has 4 N–H and O–H groups in total. The van der Waals surface area contributed by atoms with Gasteiger partial charge >= 0.3 is 16.4 Å². The summed E-state index contributed by atoms with van der Waals surface area (Å²) >= 11 is 0. The molecule has 1 fully saturated rings. The van der Waals surface area contributed by atoms with Crippen LogP contribution in [0, 0.1) is 0 Å². The standard InChI is InChI=1S/C51H90O12S/c1-3-5-7-9-11-13-15-17-19-21-22-23-25-27-29-31-33-35-37-39-41-59-43-45(44-60-51-49(55)50(63-64(56,57)58)48(54)46(42-52)62-51)61-47(53)40-38-36-34-32-30-28-26-24-20-18-16-14-12-10-8-6-4-2/h5,7,11,13,17-20,22-23,45-46,48-52,54-55H,3-4,6,8-10,12,14-16,21,24-44H2,1-2H3,(H,56,57,58)/b7-5-,13-11-,19-17-,20-18-,23-22-. The fraction of sp³-hybridized carbons (Fsp3) is 0.784. The van der Waals surface area contributed by atoms with Crippen molar-refractivity contribution < 1.29 is 56.2 Å². The number of esters is 1. The van der Waals surface area contributed by atoms with E-state index in [-0.39, 0.29) is 19.6 Å². The summed E-state index contributed by atoms with van der Waals surface area (Å²) in [6.07, 6.45) is 43.9. The molecule has 0 aromatic carbocycles. The normalized spacial score (nSPS) is 20.2. The minimum absolute atomic E-state index is 0.0249. The number of hydrogen-bond donors (Lipinski definition) is 4. The van der Waals surface area contributed by atoms with Crippen LogP contribution in [-0.4, -0.2) is 97.5 Å². The maximum Gasteiger partial charge on any atom is 0.397 e. The van der Waals surface area contributed by atoms with Gasteiger partial charge in [-0.05, 0) is 77.0 Å². The van der Waals surface area contributed by atoms with Crippen molar-refractivity contribution in [3.8, 4) is 0 Å². The molecule has 0 aromatic rings. The highest BCUT2D eigenvalue weighted by molar-refractivity contribution is 7.80. The number of unbranched alkanes of at least 4 members (excludes halogenated alkanes) is 20. The second kappa shape index (κ2) is 42.2. The quantitative estimate of drug-likeness (QED) is 0.0197. The number of ether oxygens (including phenoxy) is 4. The average Bonchev–Trinajstić information content (AvgIpc) is 3.27. The van der Waals surface area contributed by atoms with Crippen LogP contribution in [-0.2, 0) is 38.3 Å². The number of carbonyl (C=O) groups excluding carboxylic acids is 1. The van der Waals surface area contributed by atoms with Crippen LogP contribution in [0.2, 0.25) is 0 Å². The van der Waals surface area contributed by atoms with Gasteiger partial charge in [0.2, 0.25) is 0 Å². The smallest absolute Gasteiger partial charge is 0.397 e. The molecular formula is C51H90O12S. The Hall–Kier alpha value is -2.20. The van der Waals surface area contributed by atoms with Crippen LogP contribution in [0.4, 0.5) is 0 Å². The number of hydrogen-bond acceptors (Lipinski definition) is 11.